The Morgan fingerprint density at radius 3 is 2.53 bits per heavy atom. The Balaban J connectivity index is 2.15. The zero-order chi connectivity index (χ0) is 11.3. The lowest BCUT2D eigenvalue weighted by molar-refractivity contribution is -0.126. The molecule has 0 aromatic heterocycles. The lowest BCUT2D eigenvalue weighted by atomic mass is 9.83. The molecule has 0 aromatic rings. The highest BCUT2D eigenvalue weighted by Crippen LogP contribution is 2.28. The monoisotopic (exact) mass is 212 g/mol. The lowest BCUT2D eigenvalue weighted by Gasteiger charge is -2.26. The summed E-state index contributed by atoms with van der Waals surface area (Å²) in [5.41, 5.74) is 5.58. The van der Waals surface area contributed by atoms with E-state index in [0.29, 0.717) is 12.5 Å². The standard InChI is InChI=1S/C12H24N2O/c1-9(2)11(8-13)12(15)14-7-6-10-4-3-5-10/h9-11H,3-8,13H2,1-2H3,(H,14,15). The maximum absolute atomic E-state index is 11.7. The van der Waals surface area contributed by atoms with E-state index >= 15 is 0 Å². The normalized spacial score (nSPS) is 18.7. The average molecular weight is 212 g/mol. The minimum absolute atomic E-state index is 0.0219. The van der Waals surface area contributed by atoms with Gasteiger partial charge in [-0.3, -0.25) is 4.79 Å². The van der Waals surface area contributed by atoms with Crippen molar-refractivity contribution < 1.29 is 4.79 Å². The van der Waals surface area contributed by atoms with E-state index in [1.165, 1.54) is 19.3 Å². The fourth-order valence-corrected chi connectivity index (χ4v) is 1.99. The van der Waals surface area contributed by atoms with Crippen LogP contribution in [0, 0.1) is 17.8 Å². The SMILES string of the molecule is CC(C)C(CN)C(=O)NCCC1CCC1. The number of hydrogen-bond acceptors (Lipinski definition) is 2. The van der Waals surface area contributed by atoms with Gasteiger partial charge in [0.25, 0.3) is 0 Å². The lowest BCUT2D eigenvalue weighted by Crippen LogP contribution is -2.39. The summed E-state index contributed by atoms with van der Waals surface area (Å²) < 4.78 is 0. The van der Waals surface area contributed by atoms with Crippen LogP contribution in [0.4, 0.5) is 0 Å². The van der Waals surface area contributed by atoms with E-state index in [2.05, 4.69) is 5.32 Å². The van der Waals surface area contributed by atoms with Gasteiger partial charge in [-0.25, -0.2) is 0 Å². The largest absolute Gasteiger partial charge is 0.356 e. The molecule has 0 aromatic carbocycles. The van der Waals surface area contributed by atoms with Crippen LogP contribution in [0.1, 0.15) is 39.5 Å². The van der Waals surface area contributed by atoms with Crippen LogP contribution in [0.2, 0.25) is 0 Å². The summed E-state index contributed by atoms with van der Waals surface area (Å²) in [6, 6.07) is 0. The number of nitrogens with one attached hydrogen (secondary N) is 1. The van der Waals surface area contributed by atoms with Crippen molar-refractivity contribution in [3.63, 3.8) is 0 Å². The third-order valence-electron chi connectivity index (χ3n) is 3.47. The van der Waals surface area contributed by atoms with Gasteiger partial charge in [0.2, 0.25) is 5.91 Å². The Kier molecular flexibility index (Phi) is 5.09. The predicted octanol–water partition coefficient (Wildman–Crippen LogP) is 1.52. The molecule has 0 bridgehead atoms. The van der Waals surface area contributed by atoms with Gasteiger partial charge in [-0.2, -0.15) is 0 Å². The molecule has 3 N–H and O–H groups in total. The summed E-state index contributed by atoms with van der Waals surface area (Å²) in [5.74, 6) is 1.30. The Morgan fingerprint density at radius 1 is 1.47 bits per heavy atom. The molecule has 1 fully saturated rings. The predicted molar refractivity (Wildman–Crippen MR) is 62.4 cm³/mol. The van der Waals surface area contributed by atoms with Crippen LogP contribution in [0.25, 0.3) is 0 Å². The molecule has 3 nitrogen and oxygen atoms in total. The van der Waals surface area contributed by atoms with Crippen molar-refractivity contribution in [1.29, 1.82) is 0 Å². The number of rotatable bonds is 6. The third-order valence-corrected chi connectivity index (χ3v) is 3.47. The summed E-state index contributed by atoms with van der Waals surface area (Å²) in [7, 11) is 0. The van der Waals surface area contributed by atoms with E-state index in [-0.39, 0.29) is 11.8 Å². The van der Waals surface area contributed by atoms with E-state index in [1.807, 2.05) is 13.8 Å². The van der Waals surface area contributed by atoms with E-state index < -0.39 is 0 Å². The van der Waals surface area contributed by atoms with E-state index in [0.717, 1.165) is 18.9 Å². The van der Waals surface area contributed by atoms with Gasteiger partial charge in [-0.05, 0) is 18.3 Å². The number of amides is 1. The minimum atomic E-state index is -0.0219. The number of nitrogens with two attached hydrogens (primary N) is 1. The minimum Gasteiger partial charge on any atom is -0.356 e. The quantitative estimate of drug-likeness (QED) is 0.701. The fourth-order valence-electron chi connectivity index (χ4n) is 1.99. The number of carbonyl (C=O) groups excluding carboxylic acids is 1. The molecule has 88 valence electrons. The first-order valence-corrected chi connectivity index (χ1v) is 6.13. The first-order valence-electron chi connectivity index (χ1n) is 6.13. The molecule has 1 unspecified atom stereocenters. The van der Waals surface area contributed by atoms with Gasteiger partial charge in [-0.15, -0.1) is 0 Å². The van der Waals surface area contributed by atoms with Crippen LogP contribution in [0.5, 0.6) is 0 Å². The summed E-state index contributed by atoms with van der Waals surface area (Å²) >= 11 is 0. The van der Waals surface area contributed by atoms with Crippen molar-refractivity contribution >= 4 is 5.91 Å². The average Bonchev–Trinajstić information content (AvgIpc) is 2.09. The zero-order valence-electron chi connectivity index (χ0n) is 9.96. The maximum Gasteiger partial charge on any atom is 0.224 e. The molecule has 1 atom stereocenters. The van der Waals surface area contributed by atoms with E-state index in [4.69, 9.17) is 5.73 Å². The summed E-state index contributed by atoms with van der Waals surface area (Å²) in [4.78, 5) is 11.7. The van der Waals surface area contributed by atoms with E-state index in [9.17, 15) is 4.79 Å². The van der Waals surface area contributed by atoms with Crippen LogP contribution in [-0.4, -0.2) is 19.0 Å². The molecule has 1 amide bonds. The van der Waals surface area contributed by atoms with Gasteiger partial charge in [-0.1, -0.05) is 33.1 Å². The van der Waals surface area contributed by atoms with Crippen molar-refractivity contribution in [3.05, 3.63) is 0 Å². The zero-order valence-corrected chi connectivity index (χ0v) is 9.96. The first-order chi connectivity index (χ1) is 7.15. The second-order valence-electron chi connectivity index (χ2n) is 4.96. The molecule has 1 rings (SSSR count). The van der Waals surface area contributed by atoms with Crippen molar-refractivity contribution in [2.75, 3.05) is 13.1 Å². The number of hydrogen-bond donors (Lipinski definition) is 2. The molecule has 0 spiro atoms. The van der Waals surface area contributed by atoms with Crippen molar-refractivity contribution in [3.8, 4) is 0 Å². The molecular weight excluding hydrogens is 188 g/mol. The number of carbonyl (C=O) groups is 1. The van der Waals surface area contributed by atoms with Crippen molar-refractivity contribution in [1.82, 2.24) is 5.32 Å². The first kappa shape index (κ1) is 12.5. The Morgan fingerprint density at radius 2 is 2.13 bits per heavy atom. The molecule has 15 heavy (non-hydrogen) atoms. The second-order valence-corrected chi connectivity index (χ2v) is 4.96. The summed E-state index contributed by atoms with van der Waals surface area (Å²) in [5, 5.41) is 3.00. The summed E-state index contributed by atoms with van der Waals surface area (Å²) in [6.45, 7) is 5.37. The van der Waals surface area contributed by atoms with Gasteiger partial charge in [0.05, 0.1) is 5.92 Å². The fraction of sp³-hybridized carbons (Fsp3) is 0.917. The van der Waals surface area contributed by atoms with Gasteiger partial charge in [0.15, 0.2) is 0 Å². The van der Waals surface area contributed by atoms with Crippen LogP contribution in [0.3, 0.4) is 0 Å². The molecule has 0 heterocycles. The molecule has 3 heteroatoms. The van der Waals surface area contributed by atoms with Crippen LogP contribution in [-0.2, 0) is 4.79 Å². The van der Waals surface area contributed by atoms with Crippen LogP contribution < -0.4 is 11.1 Å². The molecule has 0 saturated heterocycles. The maximum atomic E-state index is 11.7. The van der Waals surface area contributed by atoms with Crippen molar-refractivity contribution in [2.24, 2.45) is 23.5 Å². The third kappa shape index (κ3) is 3.82. The molecular formula is C12H24N2O. The molecule has 1 aliphatic carbocycles. The van der Waals surface area contributed by atoms with Crippen molar-refractivity contribution in [2.45, 2.75) is 39.5 Å². The highest BCUT2D eigenvalue weighted by molar-refractivity contribution is 5.79. The Labute approximate surface area is 92.8 Å². The molecule has 1 saturated carbocycles. The summed E-state index contributed by atoms with van der Waals surface area (Å²) in [6.07, 6.45) is 5.21. The Bertz CT molecular complexity index is 200. The molecule has 1 aliphatic rings. The molecule has 0 aliphatic heterocycles. The van der Waals surface area contributed by atoms with E-state index in [1.54, 1.807) is 0 Å². The van der Waals surface area contributed by atoms with Gasteiger partial charge < -0.3 is 11.1 Å². The van der Waals surface area contributed by atoms with Gasteiger partial charge in [0.1, 0.15) is 0 Å². The highest BCUT2D eigenvalue weighted by Gasteiger charge is 2.21. The van der Waals surface area contributed by atoms with Crippen LogP contribution in [0.15, 0.2) is 0 Å². The Hall–Kier alpha value is -0.570. The highest BCUT2D eigenvalue weighted by atomic mass is 16.1. The smallest absolute Gasteiger partial charge is 0.224 e. The topological polar surface area (TPSA) is 55.1 Å². The van der Waals surface area contributed by atoms with Crippen LogP contribution >= 0.6 is 0 Å². The van der Waals surface area contributed by atoms with Gasteiger partial charge in [0, 0.05) is 13.1 Å². The van der Waals surface area contributed by atoms with Gasteiger partial charge >= 0.3 is 0 Å². The molecule has 0 radical (unpaired) electrons. The second kappa shape index (κ2) is 6.11.